The summed E-state index contributed by atoms with van der Waals surface area (Å²) in [5, 5.41) is 9.56. The Hall–Kier alpha value is -0.930. The molecule has 1 saturated carbocycles. The average Bonchev–Trinajstić information content (AvgIpc) is 2.31. The number of benzene rings is 1. The molecule has 0 aromatic heterocycles. The van der Waals surface area contributed by atoms with Gasteiger partial charge >= 0.3 is 0 Å². The second-order valence-electron chi connectivity index (χ2n) is 5.20. The second-order valence-corrected chi connectivity index (χ2v) is 5.20. The standard InChI is InChI=1S/C14H20FNO/c1-10-2-3-12(13(15)8-10)14(9-16)6-4-11(17)5-7-14/h2-3,8,11,17H,4-7,9,16H2,1H3. The molecule has 0 spiro atoms. The Morgan fingerprint density at radius 3 is 2.59 bits per heavy atom. The Balaban J connectivity index is 2.34. The minimum absolute atomic E-state index is 0.160. The fourth-order valence-corrected chi connectivity index (χ4v) is 2.79. The van der Waals surface area contributed by atoms with Gasteiger partial charge in [0.15, 0.2) is 0 Å². The Morgan fingerprint density at radius 2 is 2.06 bits per heavy atom. The monoisotopic (exact) mass is 237 g/mol. The van der Waals surface area contributed by atoms with E-state index in [0.29, 0.717) is 19.4 Å². The first-order valence-corrected chi connectivity index (χ1v) is 6.22. The molecule has 1 aliphatic rings. The zero-order chi connectivity index (χ0) is 12.5. The molecule has 2 nitrogen and oxygen atoms in total. The van der Waals surface area contributed by atoms with Crippen molar-refractivity contribution < 1.29 is 9.50 Å². The molecule has 0 saturated heterocycles. The van der Waals surface area contributed by atoms with E-state index in [0.717, 1.165) is 24.0 Å². The molecule has 0 amide bonds. The van der Waals surface area contributed by atoms with Crippen molar-refractivity contribution >= 4 is 0 Å². The normalized spacial score (nSPS) is 29.3. The third kappa shape index (κ3) is 2.35. The second kappa shape index (κ2) is 4.75. The van der Waals surface area contributed by atoms with Gasteiger partial charge < -0.3 is 10.8 Å². The van der Waals surface area contributed by atoms with Gasteiger partial charge in [-0.05, 0) is 49.8 Å². The molecule has 0 heterocycles. The molecule has 1 aliphatic carbocycles. The van der Waals surface area contributed by atoms with Crippen LogP contribution in [0.15, 0.2) is 18.2 Å². The highest BCUT2D eigenvalue weighted by Crippen LogP contribution is 2.39. The van der Waals surface area contributed by atoms with Crippen molar-refractivity contribution in [3.05, 3.63) is 35.1 Å². The molecule has 2 rings (SSSR count). The summed E-state index contributed by atoms with van der Waals surface area (Å²) in [6.45, 7) is 2.33. The molecular formula is C14H20FNO. The molecule has 0 atom stereocenters. The quantitative estimate of drug-likeness (QED) is 0.828. The largest absolute Gasteiger partial charge is 0.393 e. The van der Waals surface area contributed by atoms with E-state index >= 15 is 0 Å². The van der Waals surface area contributed by atoms with E-state index in [1.807, 2.05) is 19.1 Å². The van der Waals surface area contributed by atoms with Gasteiger partial charge in [0.05, 0.1) is 6.10 Å². The number of rotatable bonds is 2. The van der Waals surface area contributed by atoms with E-state index < -0.39 is 0 Å². The molecule has 3 N–H and O–H groups in total. The first-order valence-electron chi connectivity index (χ1n) is 6.22. The Bertz CT molecular complexity index is 397. The van der Waals surface area contributed by atoms with E-state index in [1.54, 1.807) is 6.07 Å². The van der Waals surface area contributed by atoms with Crippen LogP contribution in [0.1, 0.15) is 36.8 Å². The lowest BCUT2D eigenvalue weighted by molar-refractivity contribution is 0.0963. The summed E-state index contributed by atoms with van der Waals surface area (Å²) in [5.74, 6) is -0.160. The lowest BCUT2D eigenvalue weighted by atomic mass is 9.68. The topological polar surface area (TPSA) is 46.2 Å². The summed E-state index contributed by atoms with van der Waals surface area (Å²) >= 11 is 0. The van der Waals surface area contributed by atoms with Crippen LogP contribution in [0.3, 0.4) is 0 Å². The van der Waals surface area contributed by atoms with E-state index in [1.165, 1.54) is 0 Å². The lowest BCUT2D eigenvalue weighted by Crippen LogP contribution is -2.40. The number of nitrogens with two attached hydrogens (primary N) is 1. The van der Waals surface area contributed by atoms with E-state index in [9.17, 15) is 9.50 Å². The van der Waals surface area contributed by atoms with Crippen LogP contribution in [0.25, 0.3) is 0 Å². The number of halogens is 1. The predicted octanol–water partition coefficient (Wildman–Crippen LogP) is 2.27. The maximum Gasteiger partial charge on any atom is 0.127 e. The van der Waals surface area contributed by atoms with Gasteiger partial charge in [-0.3, -0.25) is 0 Å². The minimum atomic E-state index is -0.281. The van der Waals surface area contributed by atoms with Crippen LogP contribution in [0.4, 0.5) is 4.39 Å². The number of aryl methyl sites for hydroxylation is 1. The molecule has 0 unspecified atom stereocenters. The zero-order valence-corrected chi connectivity index (χ0v) is 10.2. The number of aliphatic hydroxyl groups excluding tert-OH is 1. The van der Waals surface area contributed by atoms with Gasteiger partial charge in [-0.1, -0.05) is 12.1 Å². The average molecular weight is 237 g/mol. The Labute approximate surface area is 102 Å². The summed E-state index contributed by atoms with van der Waals surface area (Å²) in [6, 6.07) is 5.36. The fraction of sp³-hybridized carbons (Fsp3) is 0.571. The summed E-state index contributed by atoms with van der Waals surface area (Å²) in [6.07, 6.45) is 2.72. The molecule has 0 aliphatic heterocycles. The summed E-state index contributed by atoms with van der Waals surface area (Å²) in [7, 11) is 0. The summed E-state index contributed by atoms with van der Waals surface area (Å²) in [5.41, 5.74) is 7.24. The van der Waals surface area contributed by atoms with Gasteiger partial charge in [-0.25, -0.2) is 4.39 Å². The van der Waals surface area contributed by atoms with Crippen molar-refractivity contribution in [2.45, 2.75) is 44.1 Å². The van der Waals surface area contributed by atoms with Gasteiger partial charge in [-0.15, -0.1) is 0 Å². The fourth-order valence-electron chi connectivity index (χ4n) is 2.79. The van der Waals surface area contributed by atoms with Gasteiger partial charge in [0.2, 0.25) is 0 Å². The smallest absolute Gasteiger partial charge is 0.127 e. The van der Waals surface area contributed by atoms with Crippen LogP contribution < -0.4 is 5.73 Å². The van der Waals surface area contributed by atoms with Gasteiger partial charge in [0.25, 0.3) is 0 Å². The highest BCUT2D eigenvalue weighted by molar-refractivity contribution is 5.31. The molecular weight excluding hydrogens is 217 g/mol. The summed E-state index contributed by atoms with van der Waals surface area (Å²) in [4.78, 5) is 0. The van der Waals surface area contributed by atoms with Crippen LogP contribution >= 0.6 is 0 Å². The first-order chi connectivity index (χ1) is 8.07. The highest BCUT2D eigenvalue weighted by Gasteiger charge is 2.37. The van der Waals surface area contributed by atoms with Gasteiger partial charge in [-0.2, -0.15) is 0 Å². The van der Waals surface area contributed by atoms with Crippen LogP contribution in [0, 0.1) is 12.7 Å². The lowest BCUT2D eigenvalue weighted by Gasteiger charge is -2.38. The third-order valence-corrected chi connectivity index (χ3v) is 4.00. The molecule has 1 aromatic carbocycles. The zero-order valence-electron chi connectivity index (χ0n) is 10.2. The van der Waals surface area contributed by atoms with Crippen LogP contribution in [0.2, 0.25) is 0 Å². The number of hydrogen-bond acceptors (Lipinski definition) is 2. The van der Waals surface area contributed by atoms with Crippen molar-refractivity contribution in [2.24, 2.45) is 5.73 Å². The van der Waals surface area contributed by atoms with Gasteiger partial charge in [0.1, 0.15) is 5.82 Å². The number of aliphatic hydroxyl groups is 1. The molecule has 94 valence electrons. The maximum absolute atomic E-state index is 14.0. The van der Waals surface area contributed by atoms with E-state index in [-0.39, 0.29) is 17.3 Å². The Morgan fingerprint density at radius 1 is 1.41 bits per heavy atom. The third-order valence-electron chi connectivity index (χ3n) is 4.00. The molecule has 3 heteroatoms. The SMILES string of the molecule is Cc1ccc(C2(CN)CCC(O)CC2)c(F)c1. The summed E-state index contributed by atoms with van der Waals surface area (Å²) < 4.78 is 14.0. The van der Waals surface area contributed by atoms with Crippen molar-refractivity contribution in [3.8, 4) is 0 Å². The first kappa shape index (κ1) is 12.5. The molecule has 1 aromatic rings. The number of hydrogen-bond donors (Lipinski definition) is 2. The van der Waals surface area contributed by atoms with E-state index in [4.69, 9.17) is 5.73 Å². The van der Waals surface area contributed by atoms with Crippen LogP contribution in [0.5, 0.6) is 0 Å². The Kier molecular flexibility index (Phi) is 3.50. The predicted molar refractivity (Wildman–Crippen MR) is 66.3 cm³/mol. The van der Waals surface area contributed by atoms with Crippen molar-refractivity contribution in [2.75, 3.05) is 6.54 Å². The van der Waals surface area contributed by atoms with Crippen molar-refractivity contribution in [1.82, 2.24) is 0 Å². The minimum Gasteiger partial charge on any atom is -0.393 e. The van der Waals surface area contributed by atoms with Gasteiger partial charge in [0, 0.05) is 12.0 Å². The maximum atomic E-state index is 14.0. The van der Waals surface area contributed by atoms with Crippen LogP contribution in [-0.2, 0) is 5.41 Å². The highest BCUT2D eigenvalue weighted by atomic mass is 19.1. The van der Waals surface area contributed by atoms with Crippen LogP contribution in [-0.4, -0.2) is 17.8 Å². The van der Waals surface area contributed by atoms with Crippen molar-refractivity contribution in [3.63, 3.8) is 0 Å². The molecule has 0 radical (unpaired) electrons. The molecule has 1 fully saturated rings. The van der Waals surface area contributed by atoms with E-state index in [2.05, 4.69) is 0 Å². The molecule has 0 bridgehead atoms. The van der Waals surface area contributed by atoms with Crippen molar-refractivity contribution in [1.29, 1.82) is 0 Å². The molecule has 17 heavy (non-hydrogen) atoms.